The first-order chi connectivity index (χ1) is 10.9. The molecule has 110 valence electrons. The van der Waals surface area contributed by atoms with Crippen LogP contribution in [0.1, 0.15) is 17.5 Å². The lowest BCUT2D eigenvalue weighted by Crippen LogP contribution is -2.22. The molecule has 0 amide bonds. The van der Waals surface area contributed by atoms with E-state index in [1.54, 1.807) is 0 Å². The molecule has 3 nitrogen and oxygen atoms in total. The van der Waals surface area contributed by atoms with Crippen molar-refractivity contribution in [2.75, 3.05) is 11.4 Å². The second kappa shape index (κ2) is 5.89. The fraction of sp³-hybridized carbons (Fsp3) is 0.222. The van der Waals surface area contributed by atoms with Gasteiger partial charge in [0, 0.05) is 30.2 Å². The van der Waals surface area contributed by atoms with Gasteiger partial charge in [-0.1, -0.05) is 54.6 Å². The Morgan fingerprint density at radius 3 is 2.55 bits per heavy atom. The van der Waals surface area contributed by atoms with Gasteiger partial charge >= 0.3 is 0 Å². The van der Waals surface area contributed by atoms with Crippen molar-refractivity contribution in [3.63, 3.8) is 0 Å². The van der Waals surface area contributed by atoms with E-state index in [4.69, 9.17) is 4.98 Å². The molecule has 2 aromatic carbocycles. The van der Waals surface area contributed by atoms with E-state index in [9.17, 15) is 0 Å². The molecule has 1 aromatic heterocycles. The van der Waals surface area contributed by atoms with Gasteiger partial charge in [0.2, 0.25) is 5.13 Å². The van der Waals surface area contributed by atoms with Crippen LogP contribution < -0.4 is 4.90 Å². The van der Waals surface area contributed by atoms with Crippen LogP contribution in [0.2, 0.25) is 0 Å². The Kier molecular flexibility index (Phi) is 3.60. The topological polar surface area (TPSA) is 29.0 Å². The minimum Gasteiger partial charge on any atom is -0.343 e. The molecule has 0 bridgehead atoms. The molecule has 4 rings (SSSR count). The zero-order valence-corrected chi connectivity index (χ0v) is 13.1. The maximum Gasteiger partial charge on any atom is 0.205 e. The first-order valence-electron chi connectivity index (χ1n) is 7.61. The van der Waals surface area contributed by atoms with Crippen LogP contribution in [0.25, 0.3) is 11.4 Å². The molecule has 0 unspecified atom stereocenters. The molecule has 0 aliphatic carbocycles. The number of anilines is 1. The summed E-state index contributed by atoms with van der Waals surface area (Å²) in [7, 11) is 0. The molecule has 0 saturated heterocycles. The van der Waals surface area contributed by atoms with E-state index in [0.717, 1.165) is 42.5 Å². The monoisotopic (exact) mass is 307 g/mol. The van der Waals surface area contributed by atoms with Crippen LogP contribution in [0.15, 0.2) is 54.6 Å². The Morgan fingerprint density at radius 1 is 0.909 bits per heavy atom. The molecule has 0 spiro atoms. The molecule has 0 N–H and O–H groups in total. The molecule has 0 fully saturated rings. The molecule has 1 aliphatic rings. The van der Waals surface area contributed by atoms with Gasteiger partial charge in [0.25, 0.3) is 0 Å². The summed E-state index contributed by atoms with van der Waals surface area (Å²) in [5.74, 6) is 0.832. The zero-order chi connectivity index (χ0) is 14.8. The summed E-state index contributed by atoms with van der Waals surface area (Å²) in [6, 6.07) is 18.9. The molecular formula is C18H17N3S. The third-order valence-electron chi connectivity index (χ3n) is 4.07. The van der Waals surface area contributed by atoms with Crippen molar-refractivity contribution in [2.24, 2.45) is 0 Å². The van der Waals surface area contributed by atoms with Crippen molar-refractivity contribution >= 4 is 16.7 Å². The highest BCUT2D eigenvalue weighted by Crippen LogP contribution is 2.27. The summed E-state index contributed by atoms with van der Waals surface area (Å²) in [5.41, 5.74) is 3.97. The van der Waals surface area contributed by atoms with Gasteiger partial charge in [-0.3, -0.25) is 0 Å². The van der Waals surface area contributed by atoms with E-state index in [0.29, 0.717) is 0 Å². The van der Waals surface area contributed by atoms with Crippen LogP contribution in [0.3, 0.4) is 0 Å². The van der Waals surface area contributed by atoms with Crippen molar-refractivity contribution < 1.29 is 0 Å². The van der Waals surface area contributed by atoms with Crippen molar-refractivity contribution in [3.8, 4) is 11.4 Å². The fourth-order valence-electron chi connectivity index (χ4n) is 2.91. The van der Waals surface area contributed by atoms with Crippen LogP contribution in [-0.4, -0.2) is 15.9 Å². The minimum absolute atomic E-state index is 0.832. The molecule has 22 heavy (non-hydrogen) atoms. The van der Waals surface area contributed by atoms with Crippen LogP contribution in [0.5, 0.6) is 0 Å². The smallest absolute Gasteiger partial charge is 0.205 e. The van der Waals surface area contributed by atoms with Gasteiger partial charge in [0.1, 0.15) is 0 Å². The Labute approximate surface area is 134 Å². The number of nitrogens with zero attached hydrogens (tertiary/aromatic N) is 3. The lowest BCUT2D eigenvalue weighted by molar-refractivity contribution is 0.763. The Morgan fingerprint density at radius 2 is 1.68 bits per heavy atom. The van der Waals surface area contributed by atoms with Gasteiger partial charge < -0.3 is 4.90 Å². The number of aromatic nitrogens is 2. The van der Waals surface area contributed by atoms with Gasteiger partial charge in [0.15, 0.2) is 5.82 Å². The van der Waals surface area contributed by atoms with Crippen LogP contribution in [0.4, 0.5) is 5.13 Å². The van der Waals surface area contributed by atoms with Crippen LogP contribution in [-0.2, 0) is 13.0 Å². The van der Waals surface area contributed by atoms with E-state index in [-0.39, 0.29) is 0 Å². The summed E-state index contributed by atoms with van der Waals surface area (Å²) >= 11 is 1.50. The average Bonchev–Trinajstić information content (AvgIpc) is 2.96. The lowest BCUT2D eigenvalue weighted by Gasteiger charge is -2.18. The molecular weight excluding hydrogens is 290 g/mol. The highest BCUT2D eigenvalue weighted by molar-refractivity contribution is 7.09. The maximum atomic E-state index is 4.75. The first kappa shape index (κ1) is 13.5. The number of fused-ring (bicyclic) bond motifs is 1. The average molecular weight is 307 g/mol. The quantitative estimate of drug-likeness (QED) is 0.712. The second-order valence-corrected chi connectivity index (χ2v) is 6.29. The minimum atomic E-state index is 0.832. The number of rotatable bonds is 2. The lowest BCUT2D eigenvalue weighted by atomic mass is 10.0. The number of hydrogen-bond donors (Lipinski definition) is 0. The summed E-state index contributed by atoms with van der Waals surface area (Å²) in [5, 5.41) is 1.02. The number of benzene rings is 2. The Hall–Kier alpha value is -2.20. The predicted octanol–water partition coefficient (Wildman–Crippen LogP) is 4.16. The maximum absolute atomic E-state index is 4.75. The summed E-state index contributed by atoms with van der Waals surface area (Å²) in [6.45, 7) is 1.97. The highest BCUT2D eigenvalue weighted by Gasteiger charge is 2.18. The first-order valence-corrected chi connectivity index (χ1v) is 8.38. The summed E-state index contributed by atoms with van der Waals surface area (Å²) in [6.07, 6.45) is 2.31. The highest BCUT2D eigenvalue weighted by atomic mass is 32.1. The fourth-order valence-corrected chi connectivity index (χ4v) is 3.63. The van der Waals surface area contributed by atoms with Crippen molar-refractivity contribution in [2.45, 2.75) is 19.4 Å². The second-order valence-electron chi connectivity index (χ2n) is 5.56. The third-order valence-corrected chi connectivity index (χ3v) is 4.85. The molecule has 2 heterocycles. The van der Waals surface area contributed by atoms with Gasteiger partial charge in [0.05, 0.1) is 0 Å². The van der Waals surface area contributed by atoms with Crippen molar-refractivity contribution in [1.29, 1.82) is 0 Å². The van der Waals surface area contributed by atoms with E-state index in [2.05, 4.69) is 45.7 Å². The number of hydrogen-bond acceptors (Lipinski definition) is 4. The van der Waals surface area contributed by atoms with Crippen molar-refractivity contribution in [3.05, 3.63) is 65.7 Å². The predicted molar refractivity (Wildman–Crippen MR) is 91.2 cm³/mol. The zero-order valence-electron chi connectivity index (χ0n) is 12.3. The largest absolute Gasteiger partial charge is 0.343 e. The van der Waals surface area contributed by atoms with Crippen LogP contribution >= 0.6 is 11.5 Å². The molecule has 3 aromatic rings. The van der Waals surface area contributed by atoms with E-state index < -0.39 is 0 Å². The van der Waals surface area contributed by atoms with Gasteiger partial charge in [-0.2, -0.15) is 9.36 Å². The molecule has 1 aliphatic heterocycles. The molecule has 0 atom stereocenters. The Bertz CT molecular complexity index is 767. The van der Waals surface area contributed by atoms with Crippen molar-refractivity contribution in [1.82, 2.24) is 9.36 Å². The van der Waals surface area contributed by atoms with E-state index >= 15 is 0 Å². The molecule has 4 heteroatoms. The molecule has 0 saturated carbocycles. The van der Waals surface area contributed by atoms with Crippen LogP contribution in [0, 0.1) is 0 Å². The van der Waals surface area contributed by atoms with E-state index in [1.165, 1.54) is 22.7 Å². The third kappa shape index (κ3) is 2.62. The summed E-state index contributed by atoms with van der Waals surface area (Å²) < 4.78 is 4.54. The number of aryl methyl sites for hydroxylation is 1. The van der Waals surface area contributed by atoms with Gasteiger partial charge in [-0.25, -0.2) is 0 Å². The summed E-state index contributed by atoms with van der Waals surface area (Å²) in [4.78, 5) is 7.11. The SMILES string of the molecule is c1ccc(-c2nsc(N3CCCc4ccccc4C3)n2)cc1. The standard InChI is InChI=1S/C18H17N3S/c1-2-8-15(9-3-1)17-19-18(22-20-17)21-12-6-11-14-7-4-5-10-16(14)13-21/h1-5,7-10H,6,11-13H2. The van der Waals surface area contributed by atoms with E-state index in [1.807, 2.05) is 18.2 Å². The van der Waals surface area contributed by atoms with Gasteiger partial charge in [-0.15, -0.1) is 0 Å². The normalized spacial score (nSPS) is 14.5. The molecule has 0 radical (unpaired) electrons. The Balaban J connectivity index is 1.62. The van der Waals surface area contributed by atoms with Gasteiger partial charge in [-0.05, 0) is 24.0 Å².